The molecule has 0 spiro atoms. The zero-order valence-corrected chi connectivity index (χ0v) is 54.0. The van der Waals surface area contributed by atoms with Crippen LogP contribution in [-0.2, 0) is 33.2 Å². The van der Waals surface area contributed by atoms with Gasteiger partial charge >= 0.3 is 0 Å². The van der Waals surface area contributed by atoms with E-state index in [1.165, 1.54) is 19.3 Å². The molecule has 3 heterocycles. The zero-order chi connectivity index (χ0) is 66.1. The van der Waals surface area contributed by atoms with Gasteiger partial charge in [-0.25, -0.2) is 0 Å². The van der Waals surface area contributed by atoms with E-state index >= 15 is 0 Å². The van der Waals surface area contributed by atoms with Gasteiger partial charge < -0.3 is 89.9 Å². The molecule has 17 unspecified atom stereocenters. The SMILES string of the molecule is CC/C=C\C/C=C\C/C=C\C/C=C\C/C=C\C/C=C\C/C=C\C/C=C\C/C=C\C/C=C\CCCCC(=O)NC(COC1OC(CO)C(OC2OC(CO)C(OC3OC(CO)C(O)C(O)C3O)C(O)C2O)C(O)C1O)C(O)/C=C/CC/C=C/CC/C=C/CCCCC. The highest BCUT2D eigenvalue weighted by Gasteiger charge is 2.53. The lowest BCUT2D eigenvalue weighted by Crippen LogP contribution is -2.66. The van der Waals surface area contributed by atoms with E-state index in [1.807, 2.05) is 0 Å². The number of carbonyl (C=O) groups excluding carboxylic acids is 1. The molecular formula is C72H113NO18. The maximum absolute atomic E-state index is 13.3. The first-order chi connectivity index (χ1) is 44.3. The Hall–Kier alpha value is -4.59. The van der Waals surface area contributed by atoms with Crippen molar-refractivity contribution in [3.05, 3.63) is 158 Å². The Morgan fingerprint density at radius 1 is 0.407 bits per heavy atom. The Morgan fingerprint density at radius 2 is 0.758 bits per heavy atom. The first kappa shape index (κ1) is 80.6. The number of hydrogen-bond acceptors (Lipinski definition) is 18. The van der Waals surface area contributed by atoms with Gasteiger partial charge in [0, 0.05) is 6.42 Å². The van der Waals surface area contributed by atoms with Gasteiger partial charge in [0.25, 0.3) is 0 Å². The van der Waals surface area contributed by atoms with E-state index < -0.39 is 131 Å². The van der Waals surface area contributed by atoms with E-state index in [0.29, 0.717) is 12.8 Å². The van der Waals surface area contributed by atoms with Gasteiger partial charge in [-0.3, -0.25) is 4.79 Å². The second kappa shape index (κ2) is 51.8. The topological polar surface area (TPSA) is 307 Å². The van der Waals surface area contributed by atoms with Gasteiger partial charge in [-0.2, -0.15) is 0 Å². The van der Waals surface area contributed by atoms with Gasteiger partial charge in [0.15, 0.2) is 18.9 Å². The number of rotatable bonds is 47. The third-order valence-electron chi connectivity index (χ3n) is 15.3. The molecule has 3 fully saturated rings. The van der Waals surface area contributed by atoms with Crippen LogP contribution in [0.4, 0.5) is 0 Å². The molecule has 0 aliphatic carbocycles. The molecule has 1 amide bonds. The summed E-state index contributed by atoms with van der Waals surface area (Å²) in [4.78, 5) is 13.3. The molecule has 91 heavy (non-hydrogen) atoms. The van der Waals surface area contributed by atoms with Crippen LogP contribution in [0.15, 0.2) is 158 Å². The fraction of sp³-hybridized carbons (Fsp3) is 0.625. The second-order valence-electron chi connectivity index (χ2n) is 22.8. The van der Waals surface area contributed by atoms with Gasteiger partial charge in [-0.15, -0.1) is 0 Å². The van der Waals surface area contributed by atoms with Crippen LogP contribution < -0.4 is 5.32 Å². The Morgan fingerprint density at radius 3 is 1.19 bits per heavy atom. The number of amides is 1. The molecule has 0 saturated carbocycles. The molecule has 514 valence electrons. The van der Waals surface area contributed by atoms with Gasteiger partial charge in [0.2, 0.25) is 5.91 Å². The summed E-state index contributed by atoms with van der Waals surface area (Å²) < 4.78 is 34.2. The van der Waals surface area contributed by atoms with E-state index in [9.17, 15) is 61.0 Å². The van der Waals surface area contributed by atoms with Crippen molar-refractivity contribution in [3.8, 4) is 0 Å². The van der Waals surface area contributed by atoms with E-state index in [4.69, 9.17) is 28.4 Å². The van der Waals surface area contributed by atoms with Crippen LogP contribution in [-0.4, -0.2) is 193 Å². The predicted octanol–water partition coefficient (Wildman–Crippen LogP) is 8.15. The van der Waals surface area contributed by atoms with Crippen molar-refractivity contribution in [1.82, 2.24) is 5.32 Å². The number of unbranched alkanes of at least 4 members (excludes halogenated alkanes) is 7. The van der Waals surface area contributed by atoms with Crippen molar-refractivity contribution in [3.63, 3.8) is 0 Å². The van der Waals surface area contributed by atoms with Crippen molar-refractivity contribution in [2.75, 3.05) is 26.4 Å². The Balaban J connectivity index is 1.44. The van der Waals surface area contributed by atoms with Crippen molar-refractivity contribution < 1.29 is 89.4 Å². The summed E-state index contributed by atoms with van der Waals surface area (Å²) in [5.41, 5.74) is 0. The van der Waals surface area contributed by atoms with Crippen molar-refractivity contribution >= 4 is 5.91 Å². The molecule has 0 radical (unpaired) electrons. The smallest absolute Gasteiger partial charge is 0.220 e. The lowest BCUT2D eigenvalue weighted by atomic mass is 9.96. The minimum atomic E-state index is -1.99. The van der Waals surface area contributed by atoms with E-state index in [-0.39, 0.29) is 12.3 Å². The summed E-state index contributed by atoms with van der Waals surface area (Å²) in [5.74, 6) is -0.342. The maximum atomic E-state index is 13.3. The van der Waals surface area contributed by atoms with Crippen LogP contribution >= 0.6 is 0 Å². The van der Waals surface area contributed by atoms with Crippen molar-refractivity contribution in [2.45, 2.75) is 259 Å². The summed E-state index contributed by atoms with van der Waals surface area (Å²) in [7, 11) is 0. The highest BCUT2D eigenvalue weighted by Crippen LogP contribution is 2.33. The molecule has 3 saturated heterocycles. The highest BCUT2D eigenvalue weighted by molar-refractivity contribution is 5.76. The molecule has 12 N–H and O–H groups in total. The molecule has 0 bridgehead atoms. The first-order valence-electron chi connectivity index (χ1n) is 33.2. The molecule has 3 aliphatic rings. The van der Waals surface area contributed by atoms with Gasteiger partial charge in [0.05, 0.1) is 38.6 Å². The summed E-state index contributed by atoms with van der Waals surface area (Å²) in [6.07, 6.45) is 48.0. The van der Waals surface area contributed by atoms with Crippen LogP contribution in [0.2, 0.25) is 0 Å². The quantitative estimate of drug-likeness (QED) is 0.0202. The molecule has 0 aromatic heterocycles. The summed E-state index contributed by atoms with van der Waals surface area (Å²) >= 11 is 0. The third kappa shape index (κ3) is 33.9. The molecule has 3 rings (SSSR count). The fourth-order valence-corrected chi connectivity index (χ4v) is 9.89. The number of hydrogen-bond donors (Lipinski definition) is 12. The molecule has 19 nitrogen and oxygen atoms in total. The molecule has 0 aromatic rings. The van der Waals surface area contributed by atoms with Crippen molar-refractivity contribution in [1.29, 1.82) is 0 Å². The molecular weight excluding hydrogens is 1170 g/mol. The summed E-state index contributed by atoms with van der Waals surface area (Å²) in [6.45, 7) is 1.47. The number of aliphatic hydroxyl groups excluding tert-OH is 11. The van der Waals surface area contributed by atoms with Gasteiger partial charge in [-0.05, 0) is 122 Å². The zero-order valence-electron chi connectivity index (χ0n) is 54.0. The number of carbonyl (C=O) groups is 1. The monoisotopic (exact) mass is 1280 g/mol. The van der Waals surface area contributed by atoms with Crippen molar-refractivity contribution in [2.24, 2.45) is 0 Å². The lowest BCUT2D eigenvalue weighted by molar-refractivity contribution is -0.379. The number of nitrogens with one attached hydrogen (secondary N) is 1. The molecule has 17 atom stereocenters. The molecule has 19 heteroatoms. The second-order valence-corrected chi connectivity index (χ2v) is 22.8. The fourth-order valence-electron chi connectivity index (χ4n) is 9.89. The van der Waals surface area contributed by atoms with E-state index in [0.717, 1.165) is 103 Å². The minimum absolute atomic E-state index is 0.165. The van der Waals surface area contributed by atoms with Crippen LogP contribution in [0.3, 0.4) is 0 Å². The van der Waals surface area contributed by atoms with E-state index in [1.54, 1.807) is 12.2 Å². The molecule has 0 aromatic carbocycles. The number of allylic oxidation sites excluding steroid dienone is 25. The van der Waals surface area contributed by atoms with Gasteiger partial charge in [-0.1, -0.05) is 185 Å². The first-order valence-corrected chi connectivity index (χ1v) is 33.2. The maximum Gasteiger partial charge on any atom is 0.220 e. The predicted molar refractivity (Wildman–Crippen MR) is 355 cm³/mol. The Labute approximate surface area is 542 Å². The Kier molecular flexibility index (Phi) is 45.9. The normalized spacial score (nSPS) is 28.9. The Bertz CT molecular complexity index is 2270. The molecule has 3 aliphatic heterocycles. The summed E-state index contributed by atoms with van der Waals surface area (Å²) in [6, 6.07) is -1.03. The summed E-state index contributed by atoms with van der Waals surface area (Å²) in [5, 5.41) is 120. The number of aliphatic hydroxyl groups is 11. The minimum Gasteiger partial charge on any atom is -0.394 e. The van der Waals surface area contributed by atoms with Crippen LogP contribution in [0.5, 0.6) is 0 Å². The van der Waals surface area contributed by atoms with Crippen LogP contribution in [0.1, 0.15) is 155 Å². The van der Waals surface area contributed by atoms with Gasteiger partial charge in [0.1, 0.15) is 73.2 Å². The lowest BCUT2D eigenvalue weighted by Gasteiger charge is -2.48. The van der Waals surface area contributed by atoms with Crippen LogP contribution in [0.25, 0.3) is 0 Å². The third-order valence-corrected chi connectivity index (χ3v) is 15.3. The van der Waals surface area contributed by atoms with E-state index in [2.05, 4.69) is 165 Å². The number of ether oxygens (including phenoxy) is 6. The standard InChI is InChI=1S/C72H113NO18/c1-3-5-7-9-11-13-15-17-18-19-20-21-22-23-24-25-26-27-28-29-30-31-32-33-34-35-36-38-40-42-44-46-48-50-60(78)73-55(56(77)49-47-45-43-41-39-37-16-14-12-10-8-6-4-2)54-86-70-66(84)63(81)68(58(52-75)88-70)91-72-67(85)64(82)69(59(53-76)89-72)90-71-65(83)62(80)61(79)57(51-74)87-71/h5,7,11-14,17-18,20-21,23-24,26-27,29-30,32-33,35-36,39-42,47,49,55-59,61-72,74-77,79-85H,3-4,6,8-10,15-16,19,22,25,28,31,34,37-38,43-46,48,50-54H2,1-2H3,(H,73,78)/b7-5-,13-11-,14-12+,18-17-,21-20-,24-23-,27-26-,30-29-,33-32-,36-35-,41-39+,42-40-,49-47+. The average molecular weight is 1280 g/mol. The average Bonchev–Trinajstić information content (AvgIpc) is 0.871. The largest absolute Gasteiger partial charge is 0.394 e. The highest BCUT2D eigenvalue weighted by atomic mass is 16.8. The van der Waals surface area contributed by atoms with Crippen LogP contribution in [0, 0.1) is 0 Å².